The molecule has 128 valence electrons. The minimum Gasteiger partial charge on any atom is -0.378 e. The first-order valence-electron chi connectivity index (χ1n) is 8.90. The number of nitrogens with one attached hydrogen (secondary N) is 2. The third kappa shape index (κ3) is 3.55. The van der Waals surface area contributed by atoms with Crippen molar-refractivity contribution in [2.75, 3.05) is 13.7 Å². The largest absolute Gasteiger partial charge is 0.378 e. The van der Waals surface area contributed by atoms with Crippen molar-refractivity contribution >= 4 is 29.9 Å². The molecule has 0 saturated heterocycles. The summed E-state index contributed by atoms with van der Waals surface area (Å²) in [5.41, 5.74) is 0.403. The van der Waals surface area contributed by atoms with E-state index in [2.05, 4.69) is 22.5 Å². The Morgan fingerprint density at radius 3 is 2.41 bits per heavy atom. The molecule has 0 bridgehead atoms. The average Bonchev–Trinajstić information content (AvgIpc) is 2.44. The van der Waals surface area contributed by atoms with Crippen molar-refractivity contribution in [2.24, 2.45) is 10.4 Å². The van der Waals surface area contributed by atoms with Crippen LogP contribution in [0.5, 0.6) is 0 Å². The van der Waals surface area contributed by atoms with Gasteiger partial charge >= 0.3 is 0 Å². The number of hydrogen-bond donors (Lipinski definition) is 2. The molecule has 2 atom stereocenters. The molecule has 5 heteroatoms. The number of rotatable bonds is 4. The van der Waals surface area contributed by atoms with Gasteiger partial charge in [-0.05, 0) is 39.0 Å². The lowest BCUT2D eigenvalue weighted by molar-refractivity contribution is -0.168. The Balaban J connectivity index is 0.00000176. The second-order valence-electron chi connectivity index (χ2n) is 7.01. The molecule has 3 aliphatic carbocycles. The van der Waals surface area contributed by atoms with Gasteiger partial charge in [-0.3, -0.25) is 4.99 Å². The molecule has 3 fully saturated rings. The van der Waals surface area contributed by atoms with E-state index in [1.54, 1.807) is 0 Å². The molecule has 0 aromatic heterocycles. The summed E-state index contributed by atoms with van der Waals surface area (Å²) in [5.74, 6) is 1.01. The fourth-order valence-corrected chi connectivity index (χ4v) is 4.42. The number of hydrogen-bond acceptors (Lipinski definition) is 2. The Morgan fingerprint density at radius 2 is 1.86 bits per heavy atom. The highest BCUT2D eigenvalue weighted by Crippen LogP contribution is 2.57. The molecule has 3 rings (SSSR count). The van der Waals surface area contributed by atoms with Gasteiger partial charge in [-0.15, -0.1) is 24.0 Å². The highest BCUT2D eigenvalue weighted by atomic mass is 127. The minimum absolute atomic E-state index is 0. The summed E-state index contributed by atoms with van der Waals surface area (Å²) in [7, 11) is 1.89. The lowest BCUT2D eigenvalue weighted by atomic mass is 9.51. The van der Waals surface area contributed by atoms with Crippen LogP contribution in [0, 0.1) is 5.41 Å². The van der Waals surface area contributed by atoms with Gasteiger partial charge in [-0.2, -0.15) is 0 Å². The number of nitrogens with zero attached hydrogens (tertiary/aromatic N) is 1. The van der Waals surface area contributed by atoms with Crippen LogP contribution < -0.4 is 10.6 Å². The first kappa shape index (κ1) is 18.3. The summed E-state index contributed by atoms with van der Waals surface area (Å²) in [4.78, 5) is 4.45. The fraction of sp³-hybridized carbons (Fsp3) is 0.941. The molecular formula is C17H32IN3O. The molecule has 22 heavy (non-hydrogen) atoms. The number of halogens is 1. The number of aliphatic imine (C=N–C) groups is 1. The normalized spacial score (nSPS) is 30.9. The van der Waals surface area contributed by atoms with Crippen molar-refractivity contribution in [3.63, 3.8) is 0 Å². The van der Waals surface area contributed by atoms with E-state index in [0.29, 0.717) is 23.6 Å². The Hall–Kier alpha value is -0.0400. The first-order valence-corrected chi connectivity index (χ1v) is 8.90. The van der Waals surface area contributed by atoms with Gasteiger partial charge in [0.1, 0.15) is 0 Å². The summed E-state index contributed by atoms with van der Waals surface area (Å²) in [6, 6.07) is 1.17. The fourth-order valence-electron chi connectivity index (χ4n) is 4.42. The zero-order chi connectivity index (χ0) is 14.7. The summed E-state index contributed by atoms with van der Waals surface area (Å²) in [6.45, 7) is 2.95. The molecular weight excluding hydrogens is 389 g/mol. The van der Waals surface area contributed by atoms with Gasteiger partial charge in [0.25, 0.3) is 0 Å². The zero-order valence-electron chi connectivity index (χ0n) is 14.1. The molecule has 0 amide bonds. The van der Waals surface area contributed by atoms with E-state index in [1.165, 1.54) is 51.4 Å². The predicted molar refractivity (Wildman–Crippen MR) is 102 cm³/mol. The molecule has 0 aliphatic heterocycles. The molecule has 0 aromatic carbocycles. The van der Waals surface area contributed by atoms with Gasteiger partial charge in [-0.25, -0.2) is 0 Å². The van der Waals surface area contributed by atoms with Crippen molar-refractivity contribution in [1.82, 2.24) is 10.6 Å². The van der Waals surface area contributed by atoms with E-state index in [1.807, 2.05) is 7.05 Å². The SMILES string of the molecule is CCOC1CC(NC(=NC)NC2CCCCC2)C12CCC2.I. The van der Waals surface area contributed by atoms with E-state index < -0.39 is 0 Å². The van der Waals surface area contributed by atoms with Crippen LogP contribution in [-0.4, -0.2) is 37.8 Å². The van der Waals surface area contributed by atoms with E-state index in [9.17, 15) is 0 Å². The van der Waals surface area contributed by atoms with Crippen molar-refractivity contribution in [2.45, 2.75) is 82.9 Å². The highest BCUT2D eigenvalue weighted by Gasteiger charge is 2.59. The smallest absolute Gasteiger partial charge is 0.191 e. The van der Waals surface area contributed by atoms with Crippen LogP contribution in [0.4, 0.5) is 0 Å². The monoisotopic (exact) mass is 421 g/mol. The van der Waals surface area contributed by atoms with Gasteiger partial charge in [0.05, 0.1) is 6.10 Å². The van der Waals surface area contributed by atoms with Crippen molar-refractivity contribution < 1.29 is 4.74 Å². The van der Waals surface area contributed by atoms with Crippen LogP contribution in [0.1, 0.15) is 64.7 Å². The summed E-state index contributed by atoms with van der Waals surface area (Å²) >= 11 is 0. The van der Waals surface area contributed by atoms with Crippen LogP contribution in [0.15, 0.2) is 4.99 Å². The van der Waals surface area contributed by atoms with E-state index >= 15 is 0 Å². The minimum atomic E-state index is 0. The quantitative estimate of drug-likeness (QED) is 0.415. The third-order valence-electron chi connectivity index (χ3n) is 5.92. The molecule has 2 unspecified atom stereocenters. The Kier molecular flexibility index (Phi) is 6.80. The predicted octanol–water partition coefficient (Wildman–Crippen LogP) is 3.45. The van der Waals surface area contributed by atoms with E-state index in [-0.39, 0.29) is 24.0 Å². The Bertz CT molecular complexity index is 378. The highest BCUT2D eigenvalue weighted by molar-refractivity contribution is 14.0. The zero-order valence-corrected chi connectivity index (χ0v) is 16.4. The lowest BCUT2D eigenvalue weighted by Gasteiger charge is -2.61. The van der Waals surface area contributed by atoms with Gasteiger partial charge in [0.2, 0.25) is 0 Å². The molecule has 0 aromatic rings. The molecule has 1 spiro atoms. The third-order valence-corrected chi connectivity index (χ3v) is 5.92. The van der Waals surface area contributed by atoms with Gasteiger partial charge < -0.3 is 15.4 Å². The van der Waals surface area contributed by atoms with Crippen LogP contribution in [0.3, 0.4) is 0 Å². The molecule has 2 N–H and O–H groups in total. The summed E-state index contributed by atoms with van der Waals surface area (Å²) in [5, 5.41) is 7.33. The standard InChI is InChI=1S/C17H31N3O.HI/c1-3-21-15-12-14(17(15)10-7-11-17)20-16(18-2)19-13-8-5-4-6-9-13;/h13-15H,3-12H2,1-2H3,(H2,18,19,20);1H. The summed E-state index contributed by atoms with van der Waals surface area (Å²) in [6.07, 6.45) is 12.3. The maximum absolute atomic E-state index is 5.93. The van der Waals surface area contributed by atoms with E-state index in [0.717, 1.165) is 19.0 Å². The van der Waals surface area contributed by atoms with Crippen LogP contribution in [-0.2, 0) is 4.74 Å². The summed E-state index contributed by atoms with van der Waals surface area (Å²) < 4.78 is 5.93. The van der Waals surface area contributed by atoms with Crippen LogP contribution >= 0.6 is 24.0 Å². The van der Waals surface area contributed by atoms with E-state index in [4.69, 9.17) is 4.74 Å². The first-order chi connectivity index (χ1) is 10.3. The average molecular weight is 421 g/mol. The van der Waals surface area contributed by atoms with Crippen LogP contribution in [0.25, 0.3) is 0 Å². The molecule has 3 saturated carbocycles. The number of ether oxygens (including phenoxy) is 1. The second-order valence-corrected chi connectivity index (χ2v) is 7.01. The molecule has 4 nitrogen and oxygen atoms in total. The van der Waals surface area contributed by atoms with Gasteiger partial charge in [-0.1, -0.05) is 25.7 Å². The molecule has 0 radical (unpaired) electrons. The van der Waals surface area contributed by atoms with Crippen molar-refractivity contribution in [3.8, 4) is 0 Å². The maximum atomic E-state index is 5.93. The number of guanidine groups is 1. The van der Waals surface area contributed by atoms with Crippen molar-refractivity contribution in [1.29, 1.82) is 0 Å². The Morgan fingerprint density at radius 1 is 1.14 bits per heavy atom. The maximum Gasteiger partial charge on any atom is 0.191 e. The van der Waals surface area contributed by atoms with Crippen LogP contribution in [0.2, 0.25) is 0 Å². The topological polar surface area (TPSA) is 45.6 Å². The lowest BCUT2D eigenvalue weighted by Crippen LogP contribution is -2.69. The van der Waals surface area contributed by atoms with Gasteiger partial charge in [0.15, 0.2) is 5.96 Å². The molecule has 3 aliphatic rings. The molecule has 0 heterocycles. The van der Waals surface area contributed by atoms with Gasteiger partial charge in [0, 0.05) is 31.2 Å². The Labute approximate surface area is 152 Å². The van der Waals surface area contributed by atoms with Crippen molar-refractivity contribution in [3.05, 3.63) is 0 Å². The second kappa shape index (κ2) is 8.18.